The van der Waals surface area contributed by atoms with Gasteiger partial charge in [-0.05, 0) is 25.3 Å². The van der Waals surface area contributed by atoms with Crippen LogP contribution >= 0.6 is 0 Å². The van der Waals surface area contributed by atoms with E-state index < -0.39 is 0 Å². The van der Waals surface area contributed by atoms with Gasteiger partial charge in [0.1, 0.15) is 0 Å². The second-order valence-corrected chi connectivity index (χ2v) is 4.49. The second kappa shape index (κ2) is 3.69. The number of hydrogen-bond acceptors (Lipinski definition) is 3. The Morgan fingerprint density at radius 1 is 1.57 bits per heavy atom. The van der Waals surface area contributed by atoms with Crippen LogP contribution in [0.3, 0.4) is 0 Å². The van der Waals surface area contributed by atoms with E-state index in [0.717, 1.165) is 25.1 Å². The van der Waals surface area contributed by atoms with Gasteiger partial charge in [0.15, 0.2) is 0 Å². The molecule has 78 valence electrons. The third kappa shape index (κ3) is 1.66. The molecule has 0 spiro atoms. The highest BCUT2D eigenvalue weighted by molar-refractivity contribution is 6.10. The highest BCUT2D eigenvalue weighted by Gasteiger charge is 2.37. The number of piperidine rings is 1. The number of fused-ring (bicyclic) bond motifs is 1. The Bertz CT molecular complexity index is 273. The average Bonchev–Trinajstić information content (AvgIpc) is 2.49. The van der Waals surface area contributed by atoms with Crippen LogP contribution in [-0.2, 0) is 4.79 Å². The summed E-state index contributed by atoms with van der Waals surface area (Å²) >= 11 is 0. The van der Waals surface area contributed by atoms with Crippen molar-refractivity contribution in [2.45, 2.75) is 32.7 Å². The normalized spacial score (nSPS) is 31.4. The first-order valence-electron chi connectivity index (χ1n) is 5.29. The van der Waals surface area contributed by atoms with Gasteiger partial charge in [0.2, 0.25) is 5.91 Å². The average molecular weight is 195 g/mol. The minimum Gasteiger partial charge on any atom is -0.309 e. The Kier molecular flexibility index (Phi) is 2.54. The molecule has 1 fully saturated rings. The molecule has 0 bridgehead atoms. The van der Waals surface area contributed by atoms with Crippen molar-refractivity contribution in [3.63, 3.8) is 0 Å². The summed E-state index contributed by atoms with van der Waals surface area (Å²) in [4.78, 5) is 11.4. The lowest BCUT2D eigenvalue weighted by Crippen LogP contribution is -2.47. The molecule has 1 amide bonds. The molecule has 0 aromatic heterocycles. The quantitative estimate of drug-likeness (QED) is 0.674. The van der Waals surface area contributed by atoms with Crippen molar-refractivity contribution in [3.05, 3.63) is 0 Å². The summed E-state index contributed by atoms with van der Waals surface area (Å²) in [6.45, 7) is 5.31. The van der Waals surface area contributed by atoms with Gasteiger partial charge < -0.3 is 5.32 Å². The fourth-order valence-corrected chi connectivity index (χ4v) is 2.19. The van der Waals surface area contributed by atoms with Gasteiger partial charge in [-0.1, -0.05) is 13.8 Å². The summed E-state index contributed by atoms with van der Waals surface area (Å²) in [6.07, 6.45) is 1.95. The number of carbonyl (C=O) groups excluding carboxylic acids is 1. The molecule has 0 aromatic carbocycles. The molecular formula is C10H17N3O. The Balaban J connectivity index is 2.08. The lowest BCUT2D eigenvalue weighted by Gasteiger charge is -2.28. The number of nitrogens with one attached hydrogen (secondary N) is 2. The molecule has 2 N–H and O–H groups in total. The third-order valence-electron chi connectivity index (χ3n) is 2.86. The van der Waals surface area contributed by atoms with E-state index >= 15 is 0 Å². The van der Waals surface area contributed by atoms with Crippen molar-refractivity contribution in [2.75, 3.05) is 6.54 Å². The molecule has 4 nitrogen and oxygen atoms in total. The van der Waals surface area contributed by atoms with Gasteiger partial charge in [0.25, 0.3) is 0 Å². The highest BCUT2D eigenvalue weighted by Crippen LogP contribution is 2.21. The molecule has 2 atom stereocenters. The summed E-state index contributed by atoms with van der Waals surface area (Å²) < 4.78 is 0. The van der Waals surface area contributed by atoms with E-state index in [1.54, 1.807) is 0 Å². The van der Waals surface area contributed by atoms with Crippen LogP contribution in [0.5, 0.6) is 0 Å². The summed E-state index contributed by atoms with van der Waals surface area (Å²) in [5.41, 5.74) is 3.60. The molecule has 0 aromatic rings. The molecule has 0 aliphatic carbocycles. The van der Waals surface area contributed by atoms with Crippen LogP contribution in [0, 0.1) is 11.8 Å². The molecule has 0 saturated carbocycles. The predicted molar refractivity (Wildman–Crippen MR) is 54.9 cm³/mol. The lowest BCUT2D eigenvalue weighted by atomic mass is 9.86. The lowest BCUT2D eigenvalue weighted by molar-refractivity contribution is -0.122. The van der Waals surface area contributed by atoms with Gasteiger partial charge in [0.05, 0.1) is 11.6 Å². The smallest absolute Gasteiger partial charge is 0.249 e. The first kappa shape index (κ1) is 9.65. The molecule has 2 aliphatic heterocycles. The standard InChI is InChI=1S/C10H17N3O/c1-6(2)5-8-9-7(3-4-11-8)10(14)13-12-9/h6-8,11H,3-5H2,1-2H3,(H,13,14). The maximum absolute atomic E-state index is 11.4. The van der Waals surface area contributed by atoms with E-state index in [4.69, 9.17) is 0 Å². The first-order chi connectivity index (χ1) is 6.68. The van der Waals surface area contributed by atoms with Gasteiger partial charge in [-0.25, -0.2) is 5.43 Å². The van der Waals surface area contributed by atoms with Gasteiger partial charge in [0, 0.05) is 6.04 Å². The molecule has 14 heavy (non-hydrogen) atoms. The Morgan fingerprint density at radius 2 is 2.36 bits per heavy atom. The first-order valence-corrected chi connectivity index (χ1v) is 5.29. The van der Waals surface area contributed by atoms with Crippen molar-refractivity contribution in [1.82, 2.24) is 10.7 Å². The molecule has 2 aliphatic rings. The second-order valence-electron chi connectivity index (χ2n) is 4.49. The van der Waals surface area contributed by atoms with E-state index in [1.165, 1.54) is 0 Å². The van der Waals surface area contributed by atoms with Crippen molar-refractivity contribution in [3.8, 4) is 0 Å². The van der Waals surface area contributed by atoms with Crippen LogP contribution in [0.2, 0.25) is 0 Å². The number of amides is 1. The van der Waals surface area contributed by atoms with Gasteiger partial charge in [-0.3, -0.25) is 4.79 Å². The third-order valence-corrected chi connectivity index (χ3v) is 2.86. The maximum atomic E-state index is 11.4. The number of nitrogens with zero attached hydrogens (tertiary/aromatic N) is 1. The summed E-state index contributed by atoms with van der Waals surface area (Å²) in [7, 11) is 0. The Hall–Kier alpha value is -0.900. The van der Waals surface area contributed by atoms with Crippen molar-refractivity contribution < 1.29 is 4.79 Å². The summed E-state index contributed by atoms with van der Waals surface area (Å²) in [5.74, 6) is 0.750. The van der Waals surface area contributed by atoms with Gasteiger partial charge in [-0.15, -0.1) is 0 Å². The Morgan fingerprint density at radius 3 is 3.07 bits per heavy atom. The van der Waals surface area contributed by atoms with Crippen LogP contribution in [-0.4, -0.2) is 24.2 Å². The maximum Gasteiger partial charge on any atom is 0.249 e. The molecule has 1 saturated heterocycles. The summed E-state index contributed by atoms with van der Waals surface area (Å²) in [6, 6.07) is 0.299. The molecule has 2 unspecified atom stereocenters. The largest absolute Gasteiger partial charge is 0.309 e. The number of carbonyl (C=O) groups is 1. The van der Waals surface area contributed by atoms with E-state index in [9.17, 15) is 4.79 Å². The number of hydrogen-bond donors (Lipinski definition) is 2. The minimum absolute atomic E-state index is 0.0417. The predicted octanol–water partition coefficient (Wildman–Crippen LogP) is 0.496. The van der Waals surface area contributed by atoms with E-state index in [2.05, 4.69) is 29.7 Å². The molecule has 2 rings (SSSR count). The minimum atomic E-state index is 0.0417. The molecule has 2 heterocycles. The van der Waals surface area contributed by atoms with Crippen LogP contribution in [0.4, 0.5) is 0 Å². The highest BCUT2D eigenvalue weighted by atomic mass is 16.2. The SMILES string of the molecule is CC(C)CC1NCCC2C(=O)NN=C12. The zero-order valence-electron chi connectivity index (χ0n) is 8.71. The molecule has 0 radical (unpaired) electrons. The van der Waals surface area contributed by atoms with E-state index in [0.29, 0.717) is 12.0 Å². The fraction of sp³-hybridized carbons (Fsp3) is 0.800. The summed E-state index contributed by atoms with van der Waals surface area (Å²) in [5, 5.41) is 7.55. The molecular weight excluding hydrogens is 178 g/mol. The monoisotopic (exact) mass is 195 g/mol. The van der Waals surface area contributed by atoms with Crippen LogP contribution in [0.1, 0.15) is 26.7 Å². The van der Waals surface area contributed by atoms with Crippen molar-refractivity contribution in [1.29, 1.82) is 0 Å². The van der Waals surface area contributed by atoms with Crippen molar-refractivity contribution >= 4 is 11.6 Å². The van der Waals surface area contributed by atoms with E-state index in [-0.39, 0.29) is 11.8 Å². The zero-order valence-corrected chi connectivity index (χ0v) is 8.71. The fourth-order valence-electron chi connectivity index (χ4n) is 2.19. The molecule has 4 heteroatoms. The number of rotatable bonds is 2. The van der Waals surface area contributed by atoms with Crippen molar-refractivity contribution in [2.24, 2.45) is 16.9 Å². The van der Waals surface area contributed by atoms with Gasteiger partial charge >= 0.3 is 0 Å². The van der Waals surface area contributed by atoms with E-state index in [1.807, 2.05) is 0 Å². The number of hydrazone groups is 1. The topological polar surface area (TPSA) is 53.5 Å². The van der Waals surface area contributed by atoms with Crippen LogP contribution in [0.25, 0.3) is 0 Å². The Labute approximate surface area is 84.1 Å². The van der Waals surface area contributed by atoms with Gasteiger partial charge in [-0.2, -0.15) is 5.10 Å². The van der Waals surface area contributed by atoms with Crippen LogP contribution in [0.15, 0.2) is 5.10 Å². The zero-order chi connectivity index (χ0) is 10.1. The van der Waals surface area contributed by atoms with Crippen LogP contribution < -0.4 is 10.7 Å².